The molecule has 1 saturated heterocycles. The Balaban J connectivity index is 1.57. The lowest BCUT2D eigenvalue weighted by Crippen LogP contribution is -2.43. The molecule has 1 unspecified atom stereocenters. The standard InChI is InChI=1S/C24H21F3N2O4/c1-16-2-4-17(5-3-16)13-29-21(14-31-15-23(29)30)20-12-28-11-10-22(20)32-18-6-8-19(9-7-18)33-24(25,26)27/h2-12,21H,13-15H2,1H3. The highest BCUT2D eigenvalue weighted by molar-refractivity contribution is 5.78. The van der Waals surface area contributed by atoms with Gasteiger partial charge in [0.15, 0.2) is 0 Å². The third-order valence-electron chi connectivity index (χ3n) is 5.13. The predicted molar refractivity (Wildman–Crippen MR) is 113 cm³/mol. The molecule has 0 aliphatic carbocycles. The molecule has 1 aliphatic heterocycles. The monoisotopic (exact) mass is 458 g/mol. The van der Waals surface area contributed by atoms with E-state index in [2.05, 4.69) is 9.72 Å². The molecule has 1 fully saturated rings. The van der Waals surface area contributed by atoms with Crippen LogP contribution in [0.2, 0.25) is 0 Å². The van der Waals surface area contributed by atoms with Gasteiger partial charge in [0, 0.05) is 24.5 Å². The molecule has 0 N–H and O–H groups in total. The summed E-state index contributed by atoms with van der Waals surface area (Å²) in [5.41, 5.74) is 2.74. The first kappa shape index (κ1) is 22.6. The summed E-state index contributed by atoms with van der Waals surface area (Å²) in [5, 5.41) is 0. The summed E-state index contributed by atoms with van der Waals surface area (Å²) in [4.78, 5) is 18.6. The van der Waals surface area contributed by atoms with Gasteiger partial charge < -0.3 is 19.1 Å². The molecule has 9 heteroatoms. The number of rotatable bonds is 6. The lowest BCUT2D eigenvalue weighted by Gasteiger charge is -2.36. The van der Waals surface area contributed by atoms with Gasteiger partial charge in [-0.05, 0) is 42.8 Å². The highest BCUT2D eigenvalue weighted by Gasteiger charge is 2.33. The van der Waals surface area contributed by atoms with Gasteiger partial charge in [-0.3, -0.25) is 9.78 Å². The zero-order chi connectivity index (χ0) is 23.4. The molecule has 2 heterocycles. The molecule has 0 saturated carbocycles. The van der Waals surface area contributed by atoms with Crippen molar-refractivity contribution in [3.63, 3.8) is 0 Å². The molecule has 4 rings (SSSR count). The van der Waals surface area contributed by atoms with Crippen LogP contribution in [0, 0.1) is 6.92 Å². The number of morpholine rings is 1. The van der Waals surface area contributed by atoms with Crippen LogP contribution in [0.25, 0.3) is 0 Å². The summed E-state index contributed by atoms with van der Waals surface area (Å²) in [6.45, 7) is 2.63. The van der Waals surface area contributed by atoms with Gasteiger partial charge >= 0.3 is 6.36 Å². The molecule has 172 valence electrons. The van der Waals surface area contributed by atoms with E-state index in [-0.39, 0.29) is 24.9 Å². The number of aromatic nitrogens is 1. The number of amides is 1. The van der Waals surface area contributed by atoms with Gasteiger partial charge in [-0.1, -0.05) is 29.8 Å². The molecule has 0 spiro atoms. The number of halogens is 3. The summed E-state index contributed by atoms with van der Waals surface area (Å²) < 4.78 is 52.5. The number of carbonyl (C=O) groups is 1. The first-order chi connectivity index (χ1) is 15.8. The number of carbonyl (C=O) groups excluding carboxylic acids is 1. The van der Waals surface area contributed by atoms with Gasteiger partial charge in [-0.25, -0.2) is 0 Å². The number of benzene rings is 2. The van der Waals surface area contributed by atoms with Crippen LogP contribution in [0.3, 0.4) is 0 Å². The molecule has 1 amide bonds. The maximum Gasteiger partial charge on any atom is 0.573 e. The van der Waals surface area contributed by atoms with Crippen molar-refractivity contribution in [3.05, 3.63) is 83.7 Å². The van der Waals surface area contributed by atoms with Crippen LogP contribution in [-0.4, -0.2) is 35.4 Å². The minimum atomic E-state index is -4.77. The molecule has 6 nitrogen and oxygen atoms in total. The summed E-state index contributed by atoms with van der Waals surface area (Å²) in [5.74, 6) is 0.229. The van der Waals surface area contributed by atoms with Crippen molar-refractivity contribution >= 4 is 5.91 Å². The van der Waals surface area contributed by atoms with Crippen LogP contribution in [0.1, 0.15) is 22.7 Å². The van der Waals surface area contributed by atoms with Crippen molar-refractivity contribution in [1.29, 1.82) is 0 Å². The lowest BCUT2D eigenvalue weighted by molar-refractivity contribution is -0.274. The Bertz CT molecular complexity index is 1100. The van der Waals surface area contributed by atoms with Crippen molar-refractivity contribution in [1.82, 2.24) is 9.88 Å². The summed E-state index contributed by atoms with van der Waals surface area (Å²) in [6.07, 6.45) is -1.63. The molecular formula is C24H21F3N2O4. The van der Waals surface area contributed by atoms with Gasteiger partial charge in [0.05, 0.1) is 12.6 Å². The quantitative estimate of drug-likeness (QED) is 0.509. The van der Waals surface area contributed by atoms with Gasteiger partial charge in [0.1, 0.15) is 23.9 Å². The molecule has 0 bridgehead atoms. The van der Waals surface area contributed by atoms with Crippen molar-refractivity contribution in [2.75, 3.05) is 13.2 Å². The average Bonchev–Trinajstić information content (AvgIpc) is 2.77. The van der Waals surface area contributed by atoms with E-state index < -0.39 is 12.4 Å². The third kappa shape index (κ3) is 5.81. The second-order valence-corrected chi connectivity index (χ2v) is 7.57. The highest BCUT2D eigenvalue weighted by Crippen LogP contribution is 2.35. The Labute approximate surface area is 188 Å². The number of ether oxygens (including phenoxy) is 3. The van der Waals surface area contributed by atoms with Crippen LogP contribution in [-0.2, 0) is 16.1 Å². The fraction of sp³-hybridized carbons (Fsp3) is 0.250. The minimum absolute atomic E-state index is 0.0144. The van der Waals surface area contributed by atoms with Gasteiger partial charge in [0.2, 0.25) is 5.91 Å². The van der Waals surface area contributed by atoms with E-state index in [0.29, 0.717) is 23.6 Å². The maximum atomic E-state index is 12.7. The second kappa shape index (κ2) is 9.50. The largest absolute Gasteiger partial charge is 0.573 e. The topological polar surface area (TPSA) is 60.9 Å². The Morgan fingerprint density at radius 1 is 1.06 bits per heavy atom. The average molecular weight is 458 g/mol. The van der Waals surface area contributed by atoms with Gasteiger partial charge in [-0.15, -0.1) is 13.2 Å². The Morgan fingerprint density at radius 3 is 2.45 bits per heavy atom. The van der Waals surface area contributed by atoms with Crippen molar-refractivity contribution in [2.24, 2.45) is 0 Å². The summed E-state index contributed by atoms with van der Waals surface area (Å²) >= 11 is 0. The number of pyridine rings is 1. The number of nitrogens with zero attached hydrogens (tertiary/aromatic N) is 2. The molecule has 33 heavy (non-hydrogen) atoms. The predicted octanol–water partition coefficient (Wildman–Crippen LogP) is 5.18. The second-order valence-electron chi connectivity index (χ2n) is 7.57. The van der Waals surface area contributed by atoms with E-state index in [1.807, 2.05) is 31.2 Å². The Kier molecular flexibility index (Phi) is 6.50. The van der Waals surface area contributed by atoms with Crippen LogP contribution >= 0.6 is 0 Å². The highest BCUT2D eigenvalue weighted by atomic mass is 19.4. The molecular weight excluding hydrogens is 437 g/mol. The fourth-order valence-electron chi connectivity index (χ4n) is 3.52. The number of hydrogen-bond donors (Lipinski definition) is 0. The van der Waals surface area contributed by atoms with Crippen LogP contribution in [0.5, 0.6) is 17.2 Å². The minimum Gasteiger partial charge on any atom is -0.457 e. The zero-order valence-corrected chi connectivity index (χ0v) is 17.7. The van der Waals surface area contributed by atoms with E-state index in [1.54, 1.807) is 17.2 Å². The van der Waals surface area contributed by atoms with Gasteiger partial charge in [-0.2, -0.15) is 0 Å². The van der Waals surface area contributed by atoms with E-state index >= 15 is 0 Å². The first-order valence-corrected chi connectivity index (χ1v) is 10.2. The fourth-order valence-corrected chi connectivity index (χ4v) is 3.52. The Hall–Kier alpha value is -3.59. The van der Waals surface area contributed by atoms with Crippen molar-refractivity contribution in [2.45, 2.75) is 25.9 Å². The van der Waals surface area contributed by atoms with E-state index in [1.165, 1.54) is 30.5 Å². The molecule has 1 atom stereocenters. The van der Waals surface area contributed by atoms with Crippen LogP contribution in [0.15, 0.2) is 67.0 Å². The molecule has 3 aromatic rings. The zero-order valence-electron chi connectivity index (χ0n) is 17.7. The van der Waals surface area contributed by atoms with E-state index in [9.17, 15) is 18.0 Å². The molecule has 1 aliphatic rings. The van der Waals surface area contributed by atoms with Crippen molar-refractivity contribution < 1.29 is 32.2 Å². The SMILES string of the molecule is Cc1ccc(CN2C(=O)COCC2c2cnccc2Oc2ccc(OC(F)(F)F)cc2)cc1. The number of hydrogen-bond acceptors (Lipinski definition) is 5. The summed E-state index contributed by atoms with van der Waals surface area (Å²) in [6, 6.07) is 14.2. The van der Waals surface area contributed by atoms with Crippen LogP contribution < -0.4 is 9.47 Å². The smallest absolute Gasteiger partial charge is 0.457 e. The first-order valence-electron chi connectivity index (χ1n) is 10.2. The number of alkyl halides is 3. The summed E-state index contributed by atoms with van der Waals surface area (Å²) in [7, 11) is 0. The molecule has 2 aromatic carbocycles. The molecule has 1 aromatic heterocycles. The third-order valence-corrected chi connectivity index (χ3v) is 5.13. The van der Waals surface area contributed by atoms with Gasteiger partial charge in [0.25, 0.3) is 0 Å². The number of aryl methyl sites for hydroxylation is 1. The lowest BCUT2D eigenvalue weighted by atomic mass is 10.0. The van der Waals surface area contributed by atoms with E-state index in [0.717, 1.165) is 11.1 Å². The maximum absolute atomic E-state index is 12.7. The normalized spacial score (nSPS) is 16.5. The van der Waals surface area contributed by atoms with Crippen LogP contribution in [0.4, 0.5) is 13.2 Å². The van der Waals surface area contributed by atoms with Crippen molar-refractivity contribution in [3.8, 4) is 17.2 Å². The molecule has 0 radical (unpaired) electrons. The Morgan fingerprint density at radius 2 is 1.76 bits per heavy atom. The van der Waals surface area contributed by atoms with E-state index in [4.69, 9.17) is 9.47 Å².